The minimum absolute atomic E-state index is 0.0101. The van der Waals surface area contributed by atoms with E-state index in [9.17, 15) is 12.8 Å². The van der Waals surface area contributed by atoms with Crippen molar-refractivity contribution in [3.63, 3.8) is 0 Å². The molecule has 1 aliphatic carbocycles. The normalized spacial score (nSPS) is 20.4. The van der Waals surface area contributed by atoms with Crippen molar-refractivity contribution in [3.8, 4) is 6.01 Å². The van der Waals surface area contributed by atoms with Gasteiger partial charge in [-0.2, -0.15) is 0 Å². The largest absolute Gasteiger partial charge is 0.460 e. The van der Waals surface area contributed by atoms with Gasteiger partial charge in [0.25, 0.3) is 0 Å². The summed E-state index contributed by atoms with van der Waals surface area (Å²) < 4.78 is 46.3. The lowest BCUT2D eigenvalue weighted by Crippen LogP contribution is -2.40. The number of benzene rings is 1. The molecule has 0 unspecified atom stereocenters. The van der Waals surface area contributed by atoms with Gasteiger partial charge in [0.05, 0.1) is 5.75 Å². The Bertz CT molecular complexity index is 859. The number of halogens is 1. The number of nitrogens with one attached hydrogen (secondary N) is 1. The molecule has 1 N–H and O–H groups in total. The Balaban J connectivity index is 1.50. The number of sulfonamides is 1. The molecule has 0 amide bonds. The minimum Gasteiger partial charge on any atom is -0.460 e. The van der Waals surface area contributed by atoms with Crippen LogP contribution in [0.4, 0.5) is 4.39 Å². The SMILES string of the molecule is Cc1cc(C)nc(OC2CCC(NS(=O)(=O)Cc3ccc(F)cc3)CC2)n1. The summed E-state index contributed by atoms with van der Waals surface area (Å²) in [7, 11) is -3.47. The second-order valence-corrected chi connectivity index (χ2v) is 8.78. The Kier molecular flexibility index (Phi) is 6.06. The second kappa shape index (κ2) is 8.31. The Morgan fingerprint density at radius 1 is 1.07 bits per heavy atom. The van der Waals surface area contributed by atoms with Crippen molar-refractivity contribution in [2.75, 3.05) is 0 Å². The summed E-state index contributed by atoms with van der Waals surface area (Å²) in [6.45, 7) is 3.79. The Labute approximate surface area is 159 Å². The van der Waals surface area contributed by atoms with E-state index in [0.717, 1.165) is 24.2 Å². The minimum atomic E-state index is -3.47. The highest BCUT2D eigenvalue weighted by molar-refractivity contribution is 7.88. The highest BCUT2D eigenvalue weighted by Crippen LogP contribution is 2.23. The van der Waals surface area contributed by atoms with E-state index in [2.05, 4.69) is 14.7 Å². The summed E-state index contributed by atoms with van der Waals surface area (Å²) in [5.41, 5.74) is 2.28. The van der Waals surface area contributed by atoms with Crippen LogP contribution in [0.5, 0.6) is 6.01 Å². The maximum Gasteiger partial charge on any atom is 0.317 e. The topological polar surface area (TPSA) is 81.2 Å². The number of rotatable bonds is 6. The van der Waals surface area contributed by atoms with Crippen LogP contribution in [0.15, 0.2) is 30.3 Å². The molecule has 8 heteroatoms. The van der Waals surface area contributed by atoms with Gasteiger partial charge in [0.2, 0.25) is 10.0 Å². The van der Waals surface area contributed by atoms with Crippen LogP contribution in [0.25, 0.3) is 0 Å². The van der Waals surface area contributed by atoms with Crippen molar-refractivity contribution in [1.29, 1.82) is 0 Å². The van der Waals surface area contributed by atoms with Crippen LogP contribution >= 0.6 is 0 Å². The maximum absolute atomic E-state index is 12.9. The molecule has 6 nitrogen and oxygen atoms in total. The monoisotopic (exact) mass is 393 g/mol. The molecule has 0 saturated heterocycles. The third kappa shape index (κ3) is 5.97. The van der Waals surface area contributed by atoms with Gasteiger partial charge >= 0.3 is 6.01 Å². The predicted molar refractivity (Wildman–Crippen MR) is 100 cm³/mol. The second-order valence-electron chi connectivity index (χ2n) is 7.03. The van der Waals surface area contributed by atoms with Crippen molar-refractivity contribution >= 4 is 10.0 Å². The summed E-state index contributed by atoms with van der Waals surface area (Å²) in [5, 5.41) is 0. The van der Waals surface area contributed by atoms with Gasteiger partial charge in [0.1, 0.15) is 11.9 Å². The van der Waals surface area contributed by atoms with Gasteiger partial charge in [-0.1, -0.05) is 12.1 Å². The molecule has 3 rings (SSSR count). The van der Waals surface area contributed by atoms with Crippen molar-refractivity contribution < 1.29 is 17.5 Å². The van der Waals surface area contributed by atoms with E-state index in [1.54, 1.807) is 0 Å². The molecule has 0 atom stereocenters. The first-order chi connectivity index (χ1) is 12.8. The lowest BCUT2D eigenvalue weighted by Gasteiger charge is -2.28. The van der Waals surface area contributed by atoms with E-state index in [1.807, 2.05) is 19.9 Å². The highest BCUT2D eigenvalue weighted by Gasteiger charge is 2.26. The summed E-state index contributed by atoms with van der Waals surface area (Å²) in [4.78, 5) is 8.58. The van der Waals surface area contributed by atoms with Gasteiger partial charge < -0.3 is 4.74 Å². The fourth-order valence-electron chi connectivity index (χ4n) is 3.29. The smallest absolute Gasteiger partial charge is 0.317 e. The summed E-state index contributed by atoms with van der Waals surface area (Å²) in [6.07, 6.45) is 2.85. The first-order valence-corrected chi connectivity index (χ1v) is 10.7. The van der Waals surface area contributed by atoms with Gasteiger partial charge in [-0.25, -0.2) is 27.5 Å². The van der Waals surface area contributed by atoms with Crippen LogP contribution in [-0.2, 0) is 15.8 Å². The molecule has 1 aliphatic rings. The van der Waals surface area contributed by atoms with Crippen LogP contribution in [-0.4, -0.2) is 30.5 Å². The van der Waals surface area contributed by atoms with E-state index >= 15 is 0 Å². The standard InChI is InChI=1S/C19H24FN3O3S/c1-13-11-14(2)22-19(21-13)26-18-9-7-17(8-10-18)23-27(24,25)12-15-3-5-16(20)6-4-15/h3-6,11,17-18,23H,7-10,12H2,1-2H3. The lowest BCUT2D eigenvalue weighted by atomic mass is 9.94. The highest BCUT2D eigenvalue weighted by atomic mass is 32.2. The summed E-state index contributed by atoms with van der Waals surface area (Å²) >= 11 is 0. The average molecular weight is 393 g/mol. The number of nitrogens with zero attached hydrogens (tertiary/aromatic N) is 2. The van der Waals surface area contributed by atoms with Gasteiger partial charge in [0, 0.05) is 17.4 Å². The molecule has 27 heavy (non-hydrogen) atoms. The van der Waals surface area contributed by atoms with Crippen LogP contribution < -0.4 is 9.46 Å². The molecule has 1 saturated carbocycles. The molecule has 0 bridgehead atoms. The Morgan fingerprint density at radius 3 is 2.26 bits per heavy atom. The molecule has 0 aliphatic heterocycles. The summed E-state index contributed by atoms with van der Waals surface area (Å²) in [5.74, 6) is -0.532. The number of ether oxygens (including phenoxy) is 1. The van der Waals surface area contributed by atoms with Crippen molar-refractivity contribution in [2.24, 2.45) is 0 Å². The van der Waals surface area contributed by atoms with E-state index in [1.165, 1.54) is 24.3 Å². The van der Waals surface area contributed by atoms with Crippen LogP contribution in [0, 0.1) is 19.7 Å². The zero-order valence-corrected chi connectivity index (χ0v) is 16.3. The van der Waals surface area contributed by atoms with Gasteiger partial charge in [0.15, 0.2) is 0 Å². The Hall–Kier alpha value is -2.06. The first-order valence-electron chi connectivity index (χ1n) is 9.02. The molecular formula is C19H24FN3O3S. The Morgan fingerprint density at radius 2 is 1.67 bits per heavy atom. The number of aryl methyl sites for hydroxylation is 2. The molecule has 1 aromatic heterocycles. The molecule has 1 heterocycles. The molecule has 0 spiro atoms. The van der Waals surface area contributed by atoms with E-state index in [0.29, 0.717) is 24.4 Å². The number of hydrogen-bond acceptors (Lipinski definition) is 5. The van der Waals surface area contributed by atoms with Crippen LogP contribution in [0.2, 0.25) is 0 Å². The molecule has 2 aromatic rings. The summed E-state index contributed by atoms with van der Waals surface area (Å²) in [6, 6.07) is 7.67. The average Bonchev–Trinajstić information content (AvgIpc) is 2.57. The molecule has 1 fully saturated rings. The number of aromatic nitrogens is 2. The van der Waals surface area contributed by atoms with Crippen LogP contribution in [0.3, 0.4) is 0 Å². The zero-order chi connectivity index (χ0) is 19.4. The predicted octanol–water partition coefficient (Wildman–Crippen LogP) is 3.04. The van der Waals surface area contributed by atoms with Crippen LogP contribution in [0.1, 0.15) is 42.6 Å². The van der Waals surface area contributed by atoms with Crippen molar-refractivity contribution in [1.82, 2.24) is 14.7 Å². The van der Waals surface area contributed by atoms with Crippen molar-refractivity contribution in [2.45, 2.75) is 57.4 Å². The molecule has 1 aromatic carbocycles. The number of hydrogen-bond donors (Lipinski definition) is 1. The maximum atomic E-state index is 12.9. The van der Waals surface area contributed by atoms with Gasteiger partial charge in [-0.05, 0) is 63.3 Å². The van der Waals surface area contributed by atoms with Crippen molar-refractivity contribution in [3.05, 3.63) is 53.1 Å². The van der Waals surface area contributed by atoms with Gasteiger partial charge in [-0.15, -0.1) is 0 Å². The quantitative estimate of drug-likeness (QED) is 0.816. The molecule has 0 radical (unpaired) electrons. The third-order valence-electron chi connectivity index (χ3n) is 4.52. The zero-order valence-electron chi connectivity index (χ0n) is 15.5. The molecule has 146 valence electrons. The first kappa shape index (κ1) is 19.7. The van der Waals surface area contributed by atoms with E-state index < -0.39 is 10.0 Å². The lowest BCUT2D eigenvalue weighted by molar-refractivity contribution is 0.131. The third-order valence-corrected chi connectivity index (χ3v) is 5.93. The van der Waals surface area contributed by atoms with E-state index in [4.69, 9.17) is 4.74 Å². The fourth-order valence-corrected chi connectivity index (χ4v) is 4.75. The molecular weight excluding hydrogens is 369 g/mol. The van der Waals surface area contributed by atoms with E-state index in [-0.39, 0.29) is 23.7 Å². The fraction of sp³-hybridized carbons (Fsp3) is 0.474. The van der Waals surface area contributed by atoms with Gasteiger partial charge in [-0.3, -0.25) is 0 Å².